The van der Waals surface area contributed by atoms with Crippen molar-refractivity contribution in [1.29, 1.82) is 0 Å². The molecule has 14 heteroatoms. The first-order chi connectivity index (χ1) is 18.6. The largest absolute Gasteiger partial charge is 0.430 e. The Hall–Kier alpha value is -3.65. The number of nitrogens with one attached hydrogen (secondary N) is 1. The summed E-state index contributed by atoms with van der Waals surface area (Å²) in [4.78, 5) is 12.4. The van der Waals surface area contributed by atoms with Crippen LogP contribution in [0.2, 0.25) is 0 Å². The SMILES string of the molecule is O=C(C[C@@H]1CCc2cc(C(O)(C(F)(F)F)C(F)(F)F)ccc2N1S(=O)(=O)c1ccc(F)cc1)Nc1ccccc1. The fourth-order valence-corrected chi connectivity index (χ4v) is 6.24. The Bertz CT molecular complexity index is 1480. The van der Waals surface area contributed by atoms with Crippen molar-refractivity contribution in [2.75, 3.05) is 9.62 Å². The molecule has 0 spiro atoms. The lowest BCUT2D eigenvalue weighted by molar-refractivity contribution is -0.376. The molecule has 40 heavy (non-hydrogen) atoms. The van der Waals surface area contributed by atoms with E-state index in [0.717, 1.165) is 34.6 Å². The second-order valence-corrected chi connectivity index (χ2v) is 10.9. The van der Waals surface area contributed by atoms with Crippen LogP contribution in [0.15, 0.2) is 77.7 Å². The molecule has 214 valence electrons. The van der Waals surface area contributed by atoms with Gasteiger partial charge in [0.2, 0.25) is 5.91 Å². The molecular weight excluding hydrogens is 569 g/mol. The summed E-state index contributed by atoms with van der Waals surface area (Å²) in [5.74, 6) is -1.35. The lowest BCUT2D eigenvalue weighted by Crippen LogP contribution is -2.54. The van der Waals surface area contributed by atoms with E-state index in [2.05, 4.69) is 5.32 Å². The molecule has 0 radical (unpaired) electrons. The van der Waals surface area contributed by atoms with Crippen molar-refractivity contribution >= 4 is 27.3 Å². The molecule has 1 aliphatic rings. The van der Waals surface area contributed by atoms with Crippen molar-refractivity contribution in [3.8, 4) is 0 Å². The van der Waals surface area contributed by atoms with Gasteiger partial charge in [-0.3, -0.25) is 9.10 Å². The maximum Gasteiger partial charge on any atom is 0.430 e. The number of nitrogens with zero attached hydrogens (tertiary/aromatic N) is 1. The third-order valence-electron chi connectivity index (χ3n) is 6.48. The van der Waals surface area contributed by atoms with Crippen LogP contribution in [0.5, 0.6) is 0 Å². The minimum absolute atomic E-state index is 0.157. The fraction of sp³-hybridized carbons (Fsp3) is 0.269. The van der Waals surface area contributed by atoms with E-state index in [4.69, 9.17) is 0 Å². The van der Waals surface area contributed by atoms with Crippen LogP contribution in [-0.4, -0.2) is 37.8 Å². The highest BCUT2D eigenvalue weighted by atomic mass is 32.2. The minimum Gasteiger partial charge on any atom is -0.369 e. The molecule has 3 aromatic rings. The molecule has 0 fully saturated rings. The highest BCUT2D eigenvalue weighted by Gasteiger charge is 2.71. The molecule has 6 nitrogen and oxygen atoms in total. The molecule has 0 saturated carbocycles. The Morgan fingerprint density at radius 1 is 0.925 bits per heavy atom. The number of anilines is 2. The molecule has 4 rings (SSSR count). The lowest BCUT2D eigenvalue weighted by Gasteiger charge is -2.39. The van der Waals surface area contributed by atoms with E-state index >= 15 is 0 Å². The number of fused-ring (bicyclic) bond motifs is 1. The molecule has 0 aliphatic carbocycles. The number of aryl methyl sites for hydroxylation is 1. The van der Waals surface area contributed by atoms with Crippen LogP contribution >= 0.6 is 0 Å². The maximum absolute atomic E-state index is 13.7. The van der Waals surface area contributed by atoms with Gasteiger partial charge in [-0.1, -0.05) is 30.3 Å². The molecule has 0 bridgehead atoms. The second-order valence-electron chi connectivity index (χ2n) is 9.12. The van der Waals surface area contributed by atoms with Gasteiger partial charge < -0.3 is 10.4 Å². The van der Waals surface area contributed by atoms with Gasteiger partial charge in [0.15, 0.2) is 0 Å². The van der Waals surface area contributed by atoms with Gasteiger partial charge in [-0.2, -0.15) is 26.3 Å². The van der Waals surface area contributed by atoms with E-state index in [9.17, 15) is 49.1 Å². The van der Waals surface area contributed by atoms with Crippen molar-refractivity contribution in [3.63, 3.8) is 0 Å². The number of carbonyl (C=O) groups is 1. The molecule has 2 N–H and O–H groups in total. The number of carbonyl (C=O) groups excluding carboxylic acids is 1. The standard InChI is InChI=1S/C26H21F7N2O4S/c27-18-8-11-21(12-9-18)40(38,39)35-20(15-23(36)34-19-4-2-1-3-5-19)10-6-16-14-17(7-13-22(16)35)24(37,25(28,29)30)26(31,32)33/h1-5,7-9,11-14,20,37H,6,10,15H2,(H,34,36)/t20-/m0/s1. The van der Waals surface area contributed by atoms with Gasteiger partial charge in [0, 0.05) is 17.7 Å². The molecule has 3 aromatic carbocycles. The predicted octanol–water partition coefficient (Wildman–Crippen LogP) is 5.68. The topological polar surface area (TPSA) is 86.7 Å². The van der Waals surface area contributed by atoms with Crippen molar-refractivity contribution in [1.82, 2.24) is 0 Å². The Labute approximate surface area is 224 Å². The number of hydrogen-bond acceptors (Lipinski definition) is 4. The summed E-state index contributed by atoms with van der Waals surface area (Å²) < 4.78 is 122. The summed E-state index contributed by atoms with van der Waals surface area (Å²) in [5.41, 5.74) is -6.83. The first-order valence-corrected chi connectivity index (χ1v) is 13.1. The average molecular weight is 591 g/mol. The second kappa shape index (κ2) is 10.4. The van der Waals surface area contributed by atoms with Crippen LogP contribution in [0.3, 0.4) is 0 Å². The number of halogens is 7. The van der Waals surface area contributed by atoms with Gasteiger partial charge in [-0.15, -0.1) is 0 Å². The number of para-hydroxylation sites is 1. The molecule has 0 saturated heterocycles. The summed E-state index contributed by atoms with van der Waals surface area (Å²) in [7, 11) is -4.59. The zero-order valence-corrected chi connectivity index (χ0v) is 21.1. The number of hydrogen-bond donors (Lipinski definition) is 2. The van der Waals surface area contributed by atoms with Crippen LogP contribution in [0.1, 0.15) is 24.0 Å². The molecule has 0 aromatic heterocycles. The summed E-state index contributed by atoms with van der Waals surface area (Å²) >= 11 is 0. The van der Waals surface area contributed by atoms with Gasteiger partial charge in [0.1, 0.15) is 5.82 Å². The minimum atomic E-state index is -6.13. The zero-order chi connectivity index (χ0) is 29.5. The summed E-state index contributed by atoms with van der Waals surface area (Å²) in [6.45, 7) is 0. The number of alkyl halides is 6. The monoisotopic (exact) mass is 590 g/mol. The van der Waals surface area contributed by atoms with Crippen LogP contribution < -0.4 is 9.62 Å². The Morgan fingerprint density at radius 3 is 2.10 bits per heavy atom. The smallest absolute Gasteiger partial charge is 0.369 e. The van der Waals surface area contributed by atoms with Gasteiger partial charge >= 0.3 is 12.4 Å². The third kappa shape index (κ3) is 5.37. The Morgan fingerprint density at radius 2 is 1.52 bits per heavy atom. The molecule has 1 aliphatic heterocycles. The number of aliphatic hydroxyl groups is 1. The van der Waals surface area contributed by atoms with E-state index < -0.39 is 62.6 Å². The molecule has 1 amide bonds. The van der Waals surface area contributed by atoms with Gasteiger partial charge in [-0.05, 0) is 60.9 Å². The van der Waals surface area contributed by atoms with Gasteiger partial charge in [0.25, 0.3) is 15.6 Å². The summed E-state index contributed by atoms with van der Waals surface area (Å²) in [6.07, 6.45) is -13.0. The van der Waals surface area contributed by atoms with Gasteiger partial charge in [-0.25, -0.2) is 12.8 Å². The van der Waals surface area contributed by atoms with Crippen molar-refractivity contribution in [3.05, 3.63) is 89.7 Å². The summed E-state index contributed by atoms with van der Waals surface area (Å²) in [6, 6.07) is 12.3. The average Bonchev–Trinajstić information content (AvgIpc) is 2.87. The molecule has 1 heterocycles. The first-order valence-electron chi connectivity index (χ1n) is 11.7. The Balaban J connectivity index is 1.79. The van der Waals surface area contributed by atoms with Crippen LogP contribution in [0.4, 0.5) is 42.1 Å². The number of rotatable bonds is 6. The van der Waals surface area contributed by atoms with Crippen LogP contribution in [0, 0.1) is 5.82 Å². The van der Waals surface area contributed by atoms with Crippen LogP contribution in [-0.2, 0) is 26.8 Å². The lowest BCUT2D eigenvalue weighted by atomic mass is 9.87. The Kier molecular flexibility index (Phi) is 7.62. The van der Waals surface area contributed by atoms with Gasteiger partial charge in [0.05, 0.1) is 16.6 Å². The maximum atomic E-state index is 13.7. The molecule has 1 atom stereocenters. The molecular formula is C26H21F7N2O4S. The highest BCUT2D eigenvalue weighted by molar-refractivity contribution is 7.92. The zero-order valence-electron chi connectivity index (χ0n) is 20.3. The van der Waals surface area contributed by atoms with E-state index in [1.165, 1.54) is 0 Å². The van der Waals surface area contributed by atoms with E-state index in [1.54, 1.807) is 30.3 Å². The number of amides is 1. The third-order valence-corrected chi connectivity index (χ3v) is 8.36. The van der Waals surface area contributed by atoms with E-state index in [0.29, 0.717) is 17.8 Å². The fourth-order valence-electron chi connectivity index (χ4n) is 4.53. The quantitative estimate of drug-likeness (QED) is 0.362. The highest BCUT2D eigenvalue weighted by Crippen LogP contribution is 2.51. The number of sulfonamides is 1. The van der Waals surface area contributed by atoms with Crippen molar-refractivity contribution in [2.45, 2.75) is 48.2 Å². The van der Waals surface area contributed by atoms with Crippen LogP contribution in [0.25, 0.3) is 0 Å². The normalized spacial score (nSPS) is 16.4. The number of benzene rings is 3. The molecule has 0 unspecified atom stereocenters. The van der Waals surface area contributed by atoms with E-state index in [1.807, 2.05) is 0 Å². The van der Waals surface area contributed by atoms with Crippen molar-refractivity contribution < 1.29 is 49.1 Å². The predicted molar refractivity (Wildman–Crippen MR) is 130 cm³/mol. The van der Waals surface area contributed by atoms with Crippen molar-refractivity contribution in [2.24, 2.45) is 0 Å². The van der Waals surface area contributed by atoms with E-state index in [-0.39, 0.29) is 24.1 Å². The summed E-state index contributed by atoms with van der Waals surface area (Å²) in [5, 5.41) is 12.4. The first kappa shape index (κ1) is 29.3.